The number of hydrazine groups is 2. The molecule has 0 aromatic heterocycles. The quantitative estimate of drug-likeness (QED) is 0.0512. The average Bonchev–Trinajstić information content (AvgIpc) is 3.23. The third kappa shape index (κ3) is 9.42. The van der Waals surface area contributed by atoms with Crippen molar-refractivity contribution in [3.63, 3.8) is 0 Å². The van der Waals surface area contributed by atoms with Gasteiger partial charge in [-0.3, -0.25) is 24.5 Å². The Labute approximate surface area is 261 Å². The molecule has 3 aliphatic rings. The van der Waals surface area contributed by atoms with E-state index in [4.69, 9.17) is 0 Å². The molecule has 5 N–H and O–H groups in total. The number of amides is 2. The molecule has 2 unspecified atom stereocenters. The number of hydrogen-bond donors (Lipinski definition) is 5. The van der Waals surface area contributed by atoms with Crippen molar-refractivity contribution in [2.45, 2.75) is 51.2 Å². The first-order valence-electron chi connectivity index (χ1n) is 11.4. The molecule has 3 heterocycles. The molecule has 212 valence electrons. The number of rotatable bonds is 10. The van der Waals surface area contributed by atoms with Crippen molar-refractivity contribution in [1.29, 1.82) is 0 Å². The number of β-lactam (4-membered cyclic amide) rings is 1. The number of nitrogens with one attached hydrogen (secondary N) is 4. The van der Waals surface area contributed by atoms with Gasteiger partial charge < -0.3 is 20.3 Å². The molecule has 39 heavy (non-hydrogen) atoms. The number of carbonyl (C=O) groups excluding carboxylic acids is 2. The minimum absolute atomic E-state index is 0. The van der Waals surface area contributed by atoms with E-state index in [1.54, 1.807) is 0 Å². The van der Waals surface area contributed by atoms with Gasteiger partial charge in [-0.1, -0.05) is 23.5 Å². The number of aliphatic carboxylic acids is 1. The second-order valence-corrected chi connectivity index (χ2v) is 13.2. The fourth-order valence-electron chi connectivity index (χ4n) is 3.49. The summed E-state index contributed by atoms with van der Waals surface area (Å²) in [6, 6.07) is -0.685. The second-order valence-electron chi connectivity index (χ2n) is 8.85. The zero-order valence-corrected chi connectivity index (χ0v) is 27.2. The summed E-state index contributed by atoms with van der Waals surface area (Å²) in [6.07, 6.45) is 0. The van der Waals surface area contributed by atoms with Crippen molar-refractivity contribution in [3.05, 3.63) is 11.3 Å². The fraction of sp³-hybridized carbons (Fsp3) is 0.632. The van der Waals surface area contributed by atoms with E-state index in [-0.39, 0.29) is 75.7 Å². The summed E-state index contributed by atoms with van der Waals surface area (Å²) in [5, 5.41) is 20.7. The molecule has 0 aromatic rings. The van der Waals surface area contributed by atoms with E-state index in [0.29, 0.717) is 10.7 Å². The molecule has 2 amide bonds. The van der Waals surface area contributed by atoms with Crippen LogP contribution < -0.4 is 51.3 Å². The molecule has 0 aromatic carbocycles. The van der Waals surface area contributed by atoms with Crippen molar-refractivity contribution < 1.29 is 62.0 Å². The van der Waals surface area contributed by atoms with Crippen LogP contribution in [0.1, 0.15) is 27.7 Å². The number of hydrogen-bond acceptors (Lipinski definition) is 14. The first-order chi connectivity index (χ1) is 17.8. The second kappa shape index (κ2) is 14.6. The molecule has 2 atom stereocenters. The van der Waals surface area contributed by atoms with Crippen LogP contribution >= 0.6 is 35.3 Å². The van der Waals surface area contributed by atoms with E-state index in [0.717, 1.165) is 21.7 Å². The summed E-state index contributed by atoms with van der Waals surface area (Å²) in [6.45, 7) is 7.77. The van der Waals surface area contributed by atoms with E-state index < -0.39 is 39.3 Å². The molecule has 20 heteroatoms. The number of carboxylic acids is 1. The van der Waals surface area contributed by atoms with Gasteiger partial charge in [-0.05, 0) is 33.3 Å². The largest absolute Gasteiger partial charge is 1.00 e. The number of thioether (sulfide) groups is 3. The molecule has 3 aliphatic heterocycles. The number of amidine groups is 2. The minimum atomic E-state index is -4.59. The van der Waals surface area contributed by atoms with Crippen LogP contribution in [0.15, 0.2) is 21.4 Å². The van der Waals surface area contributed by atoms with Gasteiger partial charge in [0.15, 0.2) is 5.17 Å². The number of carboxylic acid groups (broad SMARTS) is 1. The van der Waals surface area contributed by atoms with Crippen LogP contribution in [0.5, 0.6) is 0 Å². The zero-order valence-electron chi connectivity index (χ0n) is 22.0. The van der Waals surface area contributed by atoms with E-state index in [9.17, 15) is 32.5 Å². The van der Waals surface area contributed by atoms with Crippen molar-refractivity contribution in [1.82, 2.24) is 31.6 Å². The average molecular weight is 633 g/mol. The number of nitrogens with zero attached hydrogens (tertiary/aromatic N) is 4. The van der Waals surface area contributed by atoms with Crippen molar-refractivity contribution >= 4 is 73.5 Å². The molecule has 3 rings (SSSR count). The van der Waals surface area contributed by atoms with Gasteiger partial charge in [-0.25, -0.2) is 18.7 Å². The van der Waals surface area contributed by atoms with Crippen molar-refractivity contribution in [3.8, 4) is 0 Å². The standard InChI is InChI=1S/C19H30N8O7S4.Na/c1-9(2)20-18(21-10(3)4)36-7-12(28)22-13-15(29)27-14(17(30)31)11(5-35-16(13)27)6-37-19-23-24-25-26(19)8-38(32,33)34;/h9-10,13,16,24-25H,5-8H2,1-4H3,(H,20,21)(H,22,28)(H,30,31)(H,32,33,34);/q;+1/p-1. The van der Waals surface area contributed by atoms with Crippen LogP contribution in [0.3, 0.4) is 0 Å². The molecule has 0 spiro atoms. The third-order valence-electron chi connectivity index (χ3n) is 4.92. The summed E-state index contributed by atoms with van der Waals surface area (Å²) >= 11 is 3.54. The SMILES string of the molecule is CC(C)N=C(NC(C)C)SCC(=O)NC1C(=O)N2C(C(=O)O)=C(CSC3=NNNN3CS(=O)(=O)[O-])CSC12.[Na+]. The normalized spacial score (nSPS) is 21.3. The maximum Gasteiger partial charge on any atom is 1.00 e. The van der Waals surface area contributed by atoms with Gasteiger partial charge in [0.05, 0.1) is 5.75 Å². The predicted octanol–water partition coefficient (Wildman–Crippen LogP) is -3.94. The summed E-state index contributed by atoms with van der Waals surface area (Å²) in [5.41, 5.74) is 4.99. The molecule has 0 saturated carbocycles. The number of fused-ring (bicyclic) bond motifs is 1. The third-order valence-corrected chi connectivity index (χ3v) is 8.80. The summed E-state index contributed by atoms with van der Waals surface area (Å²) in [4.78, 5) is 43.1. The number of carbonyl (C=O) groups is 3. The Balaban J connectivity index is 0.00000533. The first kappa shape index (κ1) is 34.0. The van der Waals surface area contributed by atoms with Gasteiger partial charge in [0.2, 0.25) is 11.1 Å². The maximum atomic E-state index is 12.9. The summed E-state index contributed by atoms with van der Waals surface area (Å²) in [7, 11) is -4.59. The van der Waals surface area contributed by atoms with Gasteiger partial charge in [-0.2, -0.15) is 0 Å². The summed E-state index contributed by atoms with van der Waals surface area (Å²) < 4.78 is 33.2. The molecular formula is C19H29N8NaO7S4. The summed E-state index contributed by atoms with van der Waals surface area (Å²) in [5.74, 6) is -2.69. The van der Waals surface area contributed by atoms with Gasteiger partial charge in [0.25, 0.3) is 5.91 Å². The van der Waals surface area contributed by atoms with Crippen LogP contribution in [0.25, 0.3) is 0 Å². The zero-order chi connectivity index (χ0) is 28.2. The van der Waals surface area contributed by atoms with Crippen LogP contribution in [0, 0.1) is 0 Å². The Morgan fingerprint density at radius 1 is 1.33 bits per heavy atom. The first-order valence-corrected chi connectivity index (χ1v) is 15.9. The van der Waals surface area contributed by atoms with Crippen molar-refractivity contribution in [2.75, 3.05) is 23.1 Å². The maximum absolute atomic E-state index is 12.9. The van der Waals surface area contributed by atoms with E-state index in [1.165, 1.54) is 23.5 Å². The Hall–Kier alpha value is -1.19. The van der Waals surface area contributed by atoms with Gasteiger partial charge in [0, 0.05) is 23.6 Å². The fourth-order valence-corrected chi connectivity index (χ4v) is 7.42. The van der Waals surface area contributed by atoms with Crippen molar-refractivity contribution in [2.24, 2.45) is 10.1 Å². The Morgan fingerprint density at radius 2 is 2.03 bits per heavy atom. The number of hydrazone groups is 1. The van der Waals surface area contributed by atoms with Crippen LogP contribution in [-0.4, -0.2) is 103 Å². The molecule has 15 nitrogen and oxygen atoms in total. The van der Waals surface area contributed by atoms with Gasteiger partial charge in [-0.15, -0.1) is 22.4 Å². The van der Waals surface area contributed by atoms with E-state index in [1.807, 2.05) is 27.7 Å². The van der Waals surface area contributed by atoms with Gasteiger partial charge >= 0.3 is 35.5 Å². The smallest absolute Gasteiger partial charge is 0.747 e. The minimum Gasteiger partial charge on any atom is -0.747 e. The molecule has 1 fully saturated rings. The molecular weight excluding hydrogens is 604 g/mol. The van der Waals surface area contributed by atoms with Crippen LogP contribution in [0.2, 0.25) is 0 Å². The topological polar surface area (TPSA) is 208 Å². The van der Waals surface area contributed by atoms with E-state index in [2.05, 4.69) is 31.8 Å². The Kier molecular flexibility index (Phi) is 12.8. The monoisotopic (exact) mass is 632 g/mol. The van der Waals surface area contributed by atoms with E-state index >= 15 is 0 Å². The Morgan fingerprint density at radius 3 is 2.62 bits per heavy atom. The van der Waals surface area contributed by atoms with Crippen LogP contribution in [-0.2, 0) is 24.5 Å². The van der Waals surface area contributed by atoms with Gasteiger partial charge in [0.1, 0.15) is 33.1 Å². The molecule has 1 saturated heterocycles. The van der Waals surface area contributed by atoms with Crippen LogP contribution in [0.4, 0.5) is 0 Å². The molecule has 0 aliphatic carbocycles. The predicted molar refractivity (Wildman–Crippen MR) is 146 cm³/mol. The Bertz CT molecular complexity index is 1160. The number of aliphatic imine (C=N–C) groups is 1. The molecule has 0 bridgehead atoms. The molecule has 0 radical (unpaired) electrons.